The number of rotatable bonds is 4. The van der Waals surface area contributed by atoms with Crippen LogP contribution >= 0.6 is 0 Å². The lowest BCUT2D eigenvalue weighted by molar-refractivity contribution is -0.190. The second kappa shape index (κ2) is 7.77. The standard InChI is InChI=1S/C22H33NO2/c1-2-18-7-6-14-23(15-18)16-21-17-24-22(25-21)12-10-20(11-13-22)19-8-4-3-5-9-19/h3-5,8-9,18,20-21H,2,6-7,10-17H2,1H3. The van der Waals surface area contributed by atoms with Crippen molar-refractivity contribution in [1.29, 1.82) is 0 Å². The molecule has 2 unspecified atom stereocenters. The topological polar surface area (TPSA) is 21.7 Å². The van der Waals surface area contributed by atoms with Crippen LogP contribution in [0.1, 0.15) is 63.4 Å². The molecule has 0 radical (unpaired) electrons. The molecular weight excluding hydrogens is 310 g/mol. The molecule has 138 valence electrons. The van der Waals surface area contributed by atoms with Crippen LogP contribution in [0.25, 0.3) is 0 Å². The van der Waals surface area contributed by atoms with Crippen molar-refractivity contribution in [1.82, 2.24) is 4.90 Å². The molecule has 1 aliphatic carbocycles. The fourth-order valence-electron chi connectivity index (χ4n) is 5.02. The van der Waals surface area contributed by atoms with Gasteiger partial charge in [0, 0.05) is 25.9 Å². The number of likely N-dealkylation sites (tertiary alicyclic amines) is 1. The summed E-state index contributed by atoms with van der Waals surface area (Å²) in [6.07, 6.45) is 8.76. The van der Waals surface area contributed by atoms with Crippen molar-refractivity contribution < 1.29 is 9.47 Å². The normalized spacial score (nSPS) is 36.8. The van der Waals surface area contributed by atoms with Crippen LogP contribution in [0.3, 0.4) is 0 Å². The van der Waals surface area contributed by atoms with Crippen molar-refractivity contribution in [2.75, 3.05) is 26.2 Å². The molecule has 3 heteroatoms. The summed E-state index contributed by atoms with van der Waals surface area (Å²) in [5, 5.41) is 0. The Balaban J connectivity index is 1.28. The molecule has 4 rings (SSSR count). The Morgan fingerprint density at radius 1 is 1.12 bits per heavy atom. The van der Waals surface area contributed by atoms with Crippen molar-refractivity contribution >= 4 is 0 Å². The quantitative estimate of drug-likeness (QED) is 0.799. The Kier molecular flexibility index (Phi) is 5.44. The van der Waals surface area contributed by atoms with Gasteiger partial charge < -0.3 is 14.4 Å². The zero-order chi connectivity index (χ0) is 17.1. The maximum absolute atomic E-state index is 6.48. The molecule has 1 saturated carbocycles. The van der Waals surface area contributed by atoms with Crippen LogP contribution in [0.2, 0.25) is 0 Å². The summed E-state index contributed by atoms with van der Waals surface area (Å²) in [6.45, 7) is 6.64. The van der Waals surface area contributed by atoms with E-state index < -0.39 is 0 Å². The lowest BCUT2D eigenvalue weighted by Gasteiger charge is -2.37. The van der Waals surface area contributed by atoms with Gasteiger partial charge in [-0.05, 0) is 49.6 Å². The SMILES string of the molecule is CCC1CCCN(CC2COC3(CCC(c4ccccc4)CC3)O2)C1. The number of nitrogens with zero attached hydrogens (tertiary/aromatic N) is 1. The average Bonchev–Trinajstić information content (AvgIpc) is 3.05. The molecule has 2 heterocycles. The molecule has 0 N–H and O–H groups in total. The number of ether oxygens (including phenoxy) is 2. The van der Waals surface area contributed by atoms with Gasteiger partial charge in [0.05, 0.1) is 12.7 Å². The monoisotopic (exact) mass is 343 g/mol. The van der Waals surface area contributed by atoms with Crippen molar-refractivity contribution in [3.8, 4) is 0 Å². The van der Waals surface area contributed by atoms with Gasteiger partial charge >= 0.3 is 0 Å². The second-order valence-electron chi connectivity index (χ2n) is 8.32. The van der Waals surface area contributed by atoms with E-state index in [2.05, 4.69) is 42.2 Å². The highest BCUT2D eigenvalue weighted by molar-refractivity contribution is 5.20. The van der Waals surface area contributed by atoms with Gasteiger partial charge in [-0.3, -0.25) is 0 Å². The van der Waals surface area contributed by atoms with Gasteiger partial charge in [-0.25, -0.2) is 0 Å². The number of piperidine rings is 1. The smallest absolute Gasteiger partial charge is 0.169 e. The first-order chi connectivity index (χ1) is 12.3. The molecule has 1 aromatic carbocycles. The van der Waals surface area contributed by atoms with Gasteiger partial charge in [0.15, 0.2) is 5.79 Å². The highest BCUT2D eigenvalue weighted by Crippen LogP contribution is 2.43. The van der Waals surface area contributed by atoms with Crippen LogP contribution in [-0.4, -0.2) is 43.0 Å². The minimum absolute atomic E-state index is 0.267. The first-order valence-corrected chi connectivity index (χ1v) is 10.4. The van der Waals surface area contributed by atoms with E-state index in [0.717, 1.165) is 31.9 Å². The summed E-state index contributed by atoms with van der Waals surface area (Å²) >= 11 is 0. The van der Waals surface area contributed by atoms with Gasteiger partial charge in [0.2, 0.25) is 0 Å². The maximum atomic E-state index is 6.48. The first kappa shape index (κ1) is 17.5. The Morgan fingerprint density at radius 3 is 2.68 bits per heavy atom. The minimum atomic E-state index is -0.282. The van der Waals surface area contributed by atoms with Crippen LogP contribution in [-0.2, 0) is 9.47 Å². The van der Waals surface area contributed by atoms with Crippen LogP contribution < -0.4 is 0 Å². The van der Waals surface area contributed by atoms with Gasteiger partial charge in [-0.2, -0.15) is 0 Å². The van der Waals surface area contributed by atoms with Gasteiger partial charge in [-0.15, -0.1) is 0 Å². The van der Waals surface area contributed by atoms with Gasteiger partial charge in [0.25, 0.3) is 0 Å². The predicted octanol–water partition coefficient (Wildman–Crippen LogP) is 4.58. The minimum Gasteiger partial charge on any atom is -0.347 e. The van der Waals surface area contributed by atoms with E-state index in [4.69, 9.17) is 9.47 Å². The summed E-state index contributed by atoms with van der Waals surface area (Å²) in [5.41, 5.74) is 1.48. The molecule has 3 fully saturated rings. The zero-order valence-electron chi connectivity index (χ0n) is 15.7. The van der Waals surface area contributed by atoms with E-state index in [-0.39, 0.29) is 11.9 Å². The first-order valence-electron chi connectivity index (χ1n) is 10.4. The molecule has 3 aliphatic rings. The number of benzene rings is 1. The highest BCUT2D eigenvalue weighted by atomic mass is 16.7. The van der Waals surface area contributed by atoms with Crippen LogP contribution in [0.15, 0.2) is 30.3 Å². The fraction of sp³-hybridized carbons (Fsp3) is 0.727. The third kappa shape index (κ3) is 4.10. The summed E-state index contributed by atoms with van der Waals surface area (Å²) in [5.74, 6) is 1.27. The fourth-order valence-corrected chi connectivity index (χ4v) is 5.02. The summed E-state index contributed by atoms with van der Waals surface area (Å²) in [4.78, 5) is 2.61. The number of hydrogen-bond acceptors (Lipinski definition) is 3. The lowest BCUT2D eigenvalue weighted by atomic mass is 9.81. The molecule has 25 heavy (non-hydrogen) atoms. The van der Waals surface area contributed by atoms with Crippen molar-refractivity contribution in [2.24, 2.45) is 5.92 Å². The van der Waals surface area contributed by atoms with E-state index in [1.807, 2.05) is 0 Å². The van der Waals surface area contributed by atoms with Crippen molar-refractivity contribution in [3.63, 3.8) is 0 Å². The highest BCUT2D eigenvalue weighted by Gasteiger charge is 2.44. The van der Waals surface area contributed by atoms with Gasteiger partial charge in [-0.1, -0.05) is 43.7 Å². The lowest BCUT2D eigenvalue weighted by Crippen LogP contribution is -2.42. The Labute approximate surface area is 152 Å². The molecule has 2 saturated heterocycles. The van der Waals surface area contributed by atoms with Crippen LogP contribution in [0.5, 0.6) is 0 Å². The third-order valence-electron chi connectivity index (χ3n) is 6.57. The maximum Gasteiger partial charge on any atom is 0.169 e. The molecule has 1 spiro atoms. The largest absolute Gasteiger partial charge is 0.347 e. The Hall–Kier alpha value is -0.900. The number of hydrogen-bond donors (Lipinski definition) is 0. The second-order valence-corrected chi connectivity index (χ2v) is 8.32. The molecule has 2 atom stereocenters. The summed E-state index contributed by atoms with van der Waals surface area (Å²) in [7, 11) is 0. The predicted molar refractivity (Wildman–Crippen MR) is 101 cm³/mol. The van der Waals surface area contributed by atoms with Gasteiger partial charge in [0.1, 0.15) is 0 Å². The summed E-state index contributed by atoms with van der Waals surface area (Å²) in [6, 6.07) is 10.9. The zero-order valence-corrected chi connectivity index (χ0v) is 15.7. The molecular formula is C22H33NO2. The Bertz CT molecular complexity index is 538. The van der Waals surface area contributed by atoms with E-state index >= 15 is 0 Å². The van der Waals surface area contributed by atoms with E-state index in [1.54, 1.807) is 0 Å². The Morgan fingerprint density at radius 2 is 1.92 bits per heavy atom. The molecule has 3 nitrogen and oxygen atoms in total. The van der Waals surface area contributed by atoms with Crippen LogP contribution in [0, 0.1) is 5.92 Å². The van der Waals surface area contributed by atoms with Crippen molar-refractivity contribution in [2.45, 2.75) is 69.7 Å². The van der Waals surface area contributed by atoms with Crippen LogP contribution in [0.4, 0.5) is 0 Å². The van der Waals surface area contributed by atoms with Crippen molar-refractivity contribution in [3.05, 3.63) is 35.9 Å². The summed E-state index contributed by atoms with van der Waals surface area (Å²) < 4.78 is 12.7. The van der Waals surface area contributed by atoms with E-state index in [9.17, 15) is 0 Å². The molecule has 0 bridgehead atoms. The molecule has 0 amide bonds. The molecule has 0 aromatic heterocycles. The average molecular weight is 344 g/mol. The molecule has 1 aromatic rings. The van der Waals surface area contributed by atoms with E-state index in [0.29, 0.717) is 5.92 Å². The van der Waals surface area contributed by atoms with E-state index in [1.165, 1.54) is 50.8 Å². The molecule has 2 aliphatic heterocycles. The third-order valence-corrected chi connectivity index (χ3v) is 6.57.